The lowest BCUT2D eigenvalue weighted by Gasteiger charge is -2.39. The number of hydrogen-bond donors (Lipinski definition) is 2. The molecule has 2 saturated heterocycles. The van der Waals surface area contributed by atoms with Crippen molar-refractivity contribution in [2.75, 3.05) is 24.5 Å². The summed E-state index contributed by atoms with van der Waals surface area (Å²) in [5.41, 5.74) is 0.537. The number of nitrogens with zero attached hydrogens (tertiary/aromatic N) is 2. The summed E-state index contributed by atoms with van der Waals surface area (Å²) in [5, 5.41) is 5.46. The predicted octanol–water partition coefficient (Wildman–Crippen LogP) is 1.82. The maximum absolute atomic E-state index is 14.3. The van der Waals surface area contributed by atoms with Gasteiger partial charge in [0.15, 0.2) is 0 Å². The SMILES string of the molecule is O=C1NC(=O)[C@](CCC(=O)N2CCN3c4cc(Cl)cc(F)c4CC3C2)(C2CC2)N1. The number of benzene rings is 1. The zero-order chi connectivity index (χ0) is 20.3. The van der Waals surface area contributed by atoms with Gasteiger partial charge in [-0.15, -0.1) is 0 Å². The molecule has 0 bridgehead atoms. The van der Waals surface area contributed by atoms with E-state index in [1.54, 1.807) is 11.0 Å². The Bertz CT molecular complexity index is 921. The molecule has 29 heavy (non-hydrogen) atoms. The van der Waals surface area contributed by atoms with Crippen molar-refractivity contribution in [1.29, 1.82) is 0 Å². The molecule has 1 unspecified atom stereocenters. The lowest BCUT2D eigenvalue weighted by molar-refractivity contribution is -0.133. The van der Waals surface area contributed by atoms with Gasteiger partial charge in [-0.25, -0.2) is 9.18 Å². The molecule has 3 aliphatic heterocycles. The van der Waals surface area contributed by atoms with Crippen LogP contribution in [0.4, 0.5) is 14.9 Å². The minimum atomic E-state index is -0.946. The van der Waals surface area contributed by atoms with Crippen molar-refractivity contribution >= 4 is 35.1 Å². The van der Waals surface area contributed by atoms with Crippen LogP contribution in [-0.2, 0) is 16.0 Å². The number of fused-ring (bicyclic) bond motifs is 3. The summed E-state index contributed by atoms with van der Waals surface area (Å²) in [6.07, 6.45) is 2.82. The van der Waals surface area contributed by atoms with Crippen LogP contribution in [0.3, 0.4) is 0 Å². The van der Waals surface area contributed by atoms with Crippen LogP contribution >= 0.6 is 11.6 Å². The zero-order valence-corrected chi connectivity index (χ0v) is 16.6. The molecule has 0 aromatic heterocycles. The van der Waals surface area contributed by atoms with Gasteiger partial charge in [0.1, 0.15) is 11.4 Å². The molecule has 7 nitrogen and oxygen atoms in total. The van der Waals surface area contributed by atoms with Crippen molar-refractivity contribution in [3.05, 3.63) is 28.5 Å². The molecule has 4 amide bonds. The number of imide groups is 1. The Hall–Kier alpha value is -2.35. The third kappa shape index (κ3) is 3.04. The van der Waals surface area contributed by atoms with Gasteiger partial charge in [0.25, 0.3) is 5.91 Å². The van der Waals surface area contributed by atoms with Crippen LogP contribution in [0.15, 0.2) is 12.1 Å². The highest BCUT2D eigenvalue weighted by molar-refractivity contribution is 6.31. The van der Waals surface area contributed by atoms with E-state index in [4.69, 9.17) is 11.6 Å². The molecular weight excluding hydrogens is 399 g/mol. The van der Waals surface area contributed by atoms with Crippen LogP contribution in [0.2, 0.25) is 5.02 Å². The van der Waals surface area contributed by atoms with E-state index in [2.05, 4.69) is 15.5 Å². The molecule has 5 rings (SSSR count). The van der Waals surface area contributed by atoms with E-state index in [9.17, 15) is 18.8 Å². The first-order valence-electron chi connectivity index (χ1n) is 10.0. The van der Waals surface area contributed by atoms with Crippen molar-refractivity contribution in [3.8, 4) is 0 Å². The van der Waals surface area contributed by atoms with E-state index < -0.39 is 11.6 Å². The first-order valence-corrected chi connectivity index (χ1v) is 10.4. The lowest BCUT2D eigenvalue weighted by Crippen LogP contribution is -2.54. The summed E-state index contributed by atoms with van der Waals surface area (Å²) >= 11 is 6.01. The van der Waals surface area contributed by atoms with Gasteiger partial charge in [-0.1, -0.05) is 11.6 Å². The molecular formula is C20H22ClFN4O3. The van der Waals surface area contributed by atoms with Crippen molar-refractivity contribution in [1.82, 2.24) is 15.5 Å². The lowest BCUT2D eigenvalue weighted by atomic mass is 9.87. The third-order valence-corrected chi connectivity index (χ3v) is 6.92. The number of urea groups is 1. The molecule has 1 aliphatic carbocycles. The number of hydrogen-bond acceptors (Lipinski definition) is 4. The fourth-order valence-electron chi connectivity index (χ4n) is 5.07. The number of piperazine rings is 1. The van der Waals surface area contributed by atoms with Gasteiger partial charge in [0, 0.05) is 42.3 Å². The second-order valence-electron chi connectivity index (χ2n) is 8.43. The van der Waals surface area contributed by atoms with Gasteiger partial charge in [0.2, 0.25) is 5.91 Å². The average molecular weight is 421 g/mol. The van der Waals surface area contributed by atoms with Crippen LogP contribution < -0.4 is 15.5 Å². The second-order valence-corrected chi connectivity index (χ2v) is 8.87. The van der Waals surface area contributed by atoms with Gasteiger partial charge in [0.05, 0.1) is 6.04 Å². The Kier molecular flexibility index (Phi) is 4.24. The first-order chi connectivity index (χ1) is 13.9. The van der Waals surface area contributed by atoms with E-state index >= 15 is 0 Å². The molecule has 9 heteroatoms. The van der Waals surface area contributed by atoms with Gasteiger partial charge in [-0.05, 0) is 43.7 Å². The van der Waals surface area contributed by atoms with Gasteiger partial charge in [-0.3, -0.25) is 14.9 Å². The Balaban J connectivity index is 1.24. The van der Waals surface area contributed by atoms with E-state index in [-0.39, 0.29) is 36.0 Å². The van der Waals surface area contributed by atoms with Crippen LogP contribution in [0.5, 0.6) is 0 Å². The predicted molar refractivity (Wildman–Crippen MR) is 104 cm³/mol. The van der Waals surface area contributed by atoms with Crippen LogP contribution in [0.25, 0.3) is 0 Å². The summed E-state index contributed by atoms with van der Waals surface area (Å²) in [7, 11) is 0. The fourth-order valence-corrected chi connectivity index (χ4v) is 5.27. The van der Waals surface area contributed by atoms with Crippen LogP contribution in [-0.4, -0.2) is 54.0 Å². The molecule has 154 valence electrons. The molecule has 4 aliphatic rings. The summed E-state index contributed by atoms with van der Waals surface area (Å²) < 4.78 is 14.3. The normalized spacial score (nSPS) is 28.1. The minimum absolute atomic E-state index is 0.0301. The van der Waals surface area contributed by atoms with Gasteiger partial charge < -0.3 is 15.1 Å². The van der Waals surface area contributed by atoms with Crippen molar-refractivity contribution in [2.24, 2.45) is 5.92 Å². The number of carbonyl (C=O) groups excluding carboxylic acids is 3. The number of amides is 4. The van der Waals surface area contributed by atoms with Crippen molar-refractivity contribution in [2.45, 2.75) is 43.7 Å². The molecule has 1 aromatic rings. The number of anilines is 1. The van der Waals surface area contributed by atoms with Crippen LogP contribution in [0, 0.1) is 11.7 Å². The van der Waals surface area contributed by atoms with E-state index in [0.29, 0.717) is 43.1 Å². The molecule has 2 atom stereocenters. The highest BCUT2D eigenvalue weighted by atomic mass is 35.5. The van der Waals surface area contributed by atoms with Crippen molar-refractivity contribution in [3.63, 3.8) is 0 Å². The smallest absolute Gasteiger partial charge is 0.322 e. The number of carbonyl (C=O) groups is 3. The Morgan fingerprint density at radius 1 is 1.28 bits per heavy atom. The quantitative estimate of drug-likeness (QED) is 0.728. The van der Waals surface area contributed by atoms with Gasteiger partial charge in [-0.2, -0.15) is 0 Å². The van der Waals surface area contributed by atoms with E-state index in [0.717, 1.165) is 18.5 Å². The van der Waals surface area contributed by atoms with Crippen molar-refractivity contribution < 1.29 is 18.8 Å². The van der Waals surface area contributed by atoms with E-state index in [1.807, 2.05) is 0 Å². The standard InChI is InChI=1S/C20H22ClFN4O3/c21-12-7-15(22)14-9-13-10-25(5-6-26(13)16(14)8-12)17(27)3-4-20(11-1-2-11)18(28)23-19(29)24-20/h7-8,11,13H,1-6,9-10H2,(H2,23,24,28,29)/t13?,20-/m0/s1. The summed E-state index contributed by atoms with van der Waals surface area (Å²) in [5.74, 6) is -0.543. The second kappa shape index (κ2) is 6.58. The average Bonchev–Trinajstić information content (AvgIpc) is 3.40. The Morgan fingerprint density at radius 3 is 2.76 bits per heavy atom. The largest absolute Gasteiger partial charge is 0.364 e. The molecule has 1 aromatic carbocycles. The zero-order valence-electron chi connectivity index (χ0n) is 15.8. The molecule has 2 N–H and O–H groups in total. The first kappa shape index (κ1) is 18.7. The maximum atomic E-state index is 14.3. The highest BCUT2D eigenvalue weighted by Gasteiger charge is 2.55. The maximum Gasteiger partial charge on any atom is 0.322 e. The summed E-state index contributed by atoms with van der Waals surface area (Å²) in [4.78, 5) is 40.8. The summed E-state index contributed by atoms with van der Waals surface area (Å²) in [6.45, 7) is 1.67. The van der Waals surface area contributed by atoms with Gasteiger partial charge >= 0.3 is 6.03 Å². The number of halogens is 2. The van der Waals surface area contributed by atoms with E-state index in [1.165, 1.54) is 6.07 Å². The monoisotopic (exact) mass is 420 g/mol. The Morgan fingerprint density at radius 2 is 2.07 bits per heavy atom. The topological polar surface area (TPSA) is 81.8 Å². The minimum Gasteiger partial charge on any atom is -0.364 e. The highest BCUT2D eigenvalue weighted by Crippen LogP contribution is 2.44. The Labute approximate surface area is 172 Å². The molecule has 3 heterocycles. The number of nitrogens with one attached hydrogen (secondary N) is 2. The fraction of sp³-hybridized carbons (Fsp3) is 0.550. The van der Waals surface area contributed by atoms with Crippen LogP contribution in [0.1, 0.15) is 31.2 Å². The molecule has 1 saturated carbocycles. The molecule has 3 fully saturated rings. The summed E-state index contributed by atoms with van der Waals surface area (Å²) in [6, 6.07) is 2.67. The molecule has 0 spiro atoms. The number of rotatable bonds is 4. The third-order valence-electron chi connectivity index (χ3n) is 6.70. The molecule has 0 radical (unpaired) electrons.